The lowest BCUT2D eigenvalue weighted by molar-refractivity contribution is 0.179. The Morgan fingerprint density at radius 1 is 1.35 bits per heavy atom. The molecule has 0 aliphatic heterocycles. The van der Waals surface area contributed by atoms with Gasteiger partial charge in [-0.25, -0.2) is 0 Å². The predicted octanol–water partition coefficient (Wildman–Crippen LogP) is 0.876. The molecule has 0 spiro atoms. The minimum atomic E-state index is 0. The van der Waals surface area contributed by atoms with E-state index in [9.17, 15) is 0 Å². The fourth-order valence-electron chi connectivity index (χ4n) is 1.68. The molecule has 0 saturated carbocycles. The fourth-order valence-corrected chi connectivity index (χ4v) is 1.68. The molecule has 1 rings (SSSR count). The zero-order valence-electron chi connectivity index (χ0n) is 12.4. The standard InChI is InChI=1S/C12H24N6O.HI/c1-11(8-19-3)17-12(13-2)14-6-4-5-7-18-9-15-16-10-18;/h9-11H,4-8H2,1-3H3,(H2,13,14,17);1H. The number of halogens is 1. The van der Waals surface area contributed by atoms with Gasteiger partial charge in [-0.3, -0.25) is 4.99 Å². The molecule has 0 radical (unpaired) electrons. The summed E-state index contributed by atoms with van der Waals surface area (Å²) in [6.45, 7) is 4.55. The summed E-state index contributed by atoms with van der Waals surface area (Å²) in [4.78, 5) is 4.17. The van der Waals surface area contributed by atoms with Gasteiger partial charge in [0.25, 0.3) is 0 Å². The van der Waals surface area contributed by atoms with Gasteiger partial charge in [-0.05, 0) is 19.8 Å². The van der Waals surface area contributed by atoms with Crippen LogP contribution in [0.4, 0.5) is 0 Å². The van der Waals surface area contributed by atoms with E-state index >= 15 is 0 Å². The smallest absolute Gasteiger partial charge is 0.191 e. The van der Waals surface area contributed by atoms with E-state index in [-0.39, 0.29) is 30.0 Å². The van der Waals surface area contributed by atoms with Crippen molar-refractivity contribution in [3.05, 3.63) is 12.7 Å². The van der Waals surface area contributed by atoms with Crippen LogP contribution in [0.15, 0.2) is 17.6 Å². The van der Waals surface area contributed by atoms with Crippen molar-refractivity contribution in [1.82, 2.24) is 25.4 Å². The van der Waals surface area contributed by atoms with Gasteiger partial charge in [-0.2, -0.15) is 0 Å². The highest BCUT2D eigenvalue weighted by atomic mass is 127. The van der Waals surface area contributed by atoms with Crippen LogP contribution in [-0.2, 0) is 11.3 Å². The van der Waals surface area contributed by atoms with Crippen LogP contribution in [0.25, 0.3) is 0 Å². The summed E-state index contributed by atoms with van der Waals surface area (Å²) in [5, 5.41) is 14.1. The molecular formula is C12H25IN6O. The Labute approximate surface area is 137 Å². The van der Waals surface area contributed by atoms with Gasteiger partial charge in [0.1, 0.15) is 12.7 Å². The van der Waals surface area contributed by atoms with Gasteiger partial charge in [0.05, 0.1) is 6.61 Å². The monoisotopic (exact) mass is 396 g/mol. The maximum atomic E-state index is 5.07. The molecule has 0 aromatic carbocycles. The van der Waals surface area contributed by atoms with E-state index in [1.807, 2.05) is 4.57 Å². The Kier molecular flexibility index (Phi) is 11.4. The summed E-state index contributed by atoms with van der Waals surface area (Å²) in [6.07, 6.45) is 5.62. The number of guanidine groups is 1. The second kappa shape index (κ2) is 11.9. The second-order valence-electron chi connectivity index (χ2n) is 4.41. The highest BCUT2D eigenvalue weighted by molar-refractivity contribution is 14.0. The average molecular weight is 396 g/mol. The topological polar surface area (TPSA) is 76.4 Å². The highest BCUT2D eigenvalue weighted by Gasteiger charge is 2.03. The molecule has 20 heavy (non-hydrogen) atoms. The van der Waals surface area contributed by atoms with Crippen molar-refractivity contribution in [2.45, 2.75) is 32.4 Å². The molecule has 0 aliphatic rings. The first-order chi connectivity index (χ1) is 9.26. The predicted molar refractivity (Wildman–Crippen MR) is 90.5 cm³/mol. The molecule has 0 bridgehead atoms. The second-order valence-corrected chi connectivity index (χ2v) is 4.41. The number of unbranched alkanes of at least 4 members (excludes halogenated alkanes) is 1. The number of methoxy groups -OCH3 is 1. The van der Waals surface area contributed by atoms with Crippen molar-refractivity contribution in [1.29, 1.82) is 0 Å². The Morgan fingerprint density at radius 2 is 2.05 bits per heavy atom. The molecule has 116 valence electrons. The van der Waals surface area contributed by atoms with E-state index in [2.05, 4.69) is 32.7 Å². The van der Waals surface area contributed by atoms with Crippen LogP contribution in [0, 0.1) is 0 Å². The van der Waals surface area contributed by atoms with Crippen molar-refractivity contribution in [3.8, 4) is 0 Å². The van der Waals surface area contributed by atoms with Crippen LogP contribution in [-0.4, -0.2) is 54.1 Å². The van der Waals surface area contributed by atoms with Gasteiger partial charge in [0.2, 0.25) is 0 Å². The first-order valence-electron chi connectivity index (χ1n) is 6.54. The Balaban J connectivity index is 0.00000361. The van der Waals surface area contributed by atoms with Crippen LogP contribution in [0.1, 0.15) is 19.8 Å². The lowest BCUT2D eigenvalue weighted by Crippen LogP contribution is -2.44. The molecule has 1 atom stereocenters. The third-order valence-corrected chi connectivity index (χ3v) is 2.63. The summed E-state index contributed by atoms with van der Waals surface area (Å²) >= 11 is 0. The quantitative estimate of drug-likeness (QED) is 0.295. The van der Waals surface area contributed by atoms with E-state index in [4.69, 9.17) is 4.74 Å². The molecule has 0 amide bonds. The fraction of sp³-hybridized carbons (Fsp3) is 0.750. The molecule has 7 nitrogen and oxygen atoms in total. The van der Waals surface area contributed by atoms with Crippen LogP contribution in [0.2, 0.25) is 0 Å². The summed E-state index contributed by atoms with van der Waals surface area (Å²) < 4.78 is 7.05. The van der Waals surface area contributed by atoms with Crippen molar-refractivity contribution >= 4 is 29.9 Å². The maximum absolute atomic E-state index is 5.07. The molecule has 0 saturated heterocycles. The Hall–Kier alpha value is -0.900. The summed E-state index contributed by atoms with van der Waals surface area (Å²) in [7, 11) is 3.46. The van der Waals surface area contributed by atoms with E-state index < -0.39 is 0 Å². The van der Waals surface area contributed by atoms with Gasteiger partial charge in [-0.1, -0.05) is 0 Å². The largest absolute Gasteiger partial charge is 0.383 e. The van der Waals surface area contributed by atoms with E-state index in [0.29, 0.717) is 6.61 Å². The van der Waals surface area contributed by atoms with E-state index in [0.717, 1.165) is 31.9 Å². The van der Waals surface area contributed by atoms with Crippen molar-refractivity contribution in [2.75, 3.05) is 27.3 Å². The van der Waals surface area contributed by atoms with E-state index in [1.165, 1.54) is 0 Å². The van der Waals surface area contributed by atoms with Gasteiger partial charge in [-0.15, -0.1) is 34.2 Å². The minimum absolute atomic E-state index is 0. The SMILES string of the molecule is CN=C(NCCCCn1cnnc1)NC(C)COC.I. The minimum Gasteiger partial charge on any atom is -0.383 e. The highest BCUT2D eigenvalue weighted by Crippen LogP contribution is 1.92. The summed E-state index contributed by atoms with van der Waals surface area (Å²) in [5.41, 5.74) is 0. The number of aryl methyl sites for hydroxylation is 1. The third kappa shape index (κ3) is 8.31. The number of aliphatic imine (C=N–C) groups is 1. The summed E-state index contributed by atoms with van der Waals surface area (Å²) in [6, 6.07) is 0.244. The first-order valence-corrected chi connectivity index (χ1v) is 6.54. The first kappa shape index (κ1) is 19.1. The molecular weight excluding hydrogens is 371 g/mol. The molecule has 1 unspecified atom stereocenters. The lowest BCUT2D eigenvalue weighted by atomic mass is 10.3. The number of ether oxygens (including phenoxy) is 1. The number of aromatic nitrogens is 3. The number of rotatable bonds is 8. The van der Waals surface area contributed by atoms with Crippen LogP contribution in [0.5, 0.6) is 0 Å². The van der Waals surface area contributed by atoms with Crippen LogP contribution < -0.4 is 10.6 Å². The molecule has 2 N–H and O–H groups in total. The Morgan fingerprint density at radius 3 is 2.65 bits per heavy atom. The number of nitrogens with one attached hydrogen (secondary N) is 2. The molecule has 1 heterocycles. The molecule has 8 heteroatoms. The molecule has 1 aromatic rings. The van der Waals surface area contributed by atoms with Gasteiger partial charge in [0.15, 0.2) is 5.96 Å². The number of hydrogen-bond acceptors (Lipinski definition) is 4. The van der Waals surface area contributed by atoms with Crippen molar-refractivity contribution < 1.29 is 4.74 Å². The van der Waals surface area contributed by atoms with Gasteiger partial charge < -0.3 is 19.9 Å². The maximum Gasteiger partial charge on any atom is 0.191 e. The zero-order chi connectivity index (χ0) is 13.9. The van der Waals surface area contributed by atoms with Crippen LogP contribution >= 0.6 is 24.0 Å². The van der Waals surface area contributed by atoms with Gasteiger partial charge >= 0.3 is 0 Å². The van der Waals surface area contributed by atoms with E-state index in [1.54, 1.807) is 26.8 Å². The van der Waals surface area contributed by atoms with Crippen molar-refractivity contribution in [2.24, 2.45) is 4.99 Å². The zero-order valence-corrected chi connectivity index (χ0v) is 14.7. The molecule has 1 aromatic heterocycles. The van der Waals surface area contributed by atoms with Crippen LogP contribution in [0.3, 0.4) is 0 Å². The number of nitrogens with zero attached hydrogens (tertiary/aromatic N) is 4. The summed E-state index contributed by atoms with van der Waals surface area (Å²) in [5.74, 6) is 0.814. The third-order valence-electron chi connectivity index (χ3n) is 2.63. The number of hydrogen-bond donors (Lipinski definition) is 2. The Bertz CT molecular complexity index is 357. The lowest BCUT2D eigenvalue weighted by Gasteiger charge is -2.17. The molecule has 0 aliphatic carbocycles. The normalized spacial score (nSPS) is 12.7. The average Bonchev–Trinajstić information content (AvgIpc) is 2.90. The molecule has 0 fully saturated rings. The van der Waals surface area contributed by atoms with Crippen molar-refractivity contribution in [3.63, 3.8) is 0 Å². The van der Waals surface area contributed by atoms with Gasteiger partial charge in [0, 0.05) is 33.3 Å².